The molecule has 0 saturated heterocycles. The monoisotopic (exact) mass is 786 g/mol. The van der Waals surface area contributed by atoms with Gasteiger partial charge in [-0.25, -0.2) is 0 Å². The fourth-order valence-electron chi connectivity index (χ4n) is 9.96. The van der Waals surface area contributed by atoms with Gasteiger partial charge >= 0.3 is 0 Å². The molecule has 8 aromatic carbocycles. The van der Waals surface area contributed by atoms with Crippen LogP contribution in [0, 0.1) is 0 Å². The van der Waals surface area contributed by atoms with Gasteiger partial charge in [0.2, 0.25) is 0 Å². The Labute approximate surface area is 356 Å². The molecule has 292 valence electrons. The highest BCUT2D eigenvalue weighted by Gasteiger charge is 2.40. The summed E-state index contributed by atoms with van der Waals surface area (Å²) in [5.41, 5.74) is 18.4. The lowest BCUT2D eigenvalue weighted by atomic mass is 9.82. The summed E-state index contributed by atoms with van der Waals surface area (Å²) < 4.78 is 14.5. The molecule has 1 unspecified atom stereocenters. The summed E-state index contributed by atoms with van der Waals surface area (Å²) in [4.78, 5) is 7.74. The Balaban J connectivity index is 1.04. The fraction of sp³-hybridized carbons (Fsp3) is 0.105. The molecule has 61 heavy (non-hydrogen) atoms. The van der Waals surface area contributed by atoms with E-state index in [2.05, 4.69) is 193 Å². The lowest BCUT2D eigenvalue weighted by Gasteiger charge is -2.40. The van der Waals surface area contributed by atoms with Crippen molar-refractivity contribution >= 4 is 34.0 Å². The van der Waals surface area contributed by atoms with E-state index in [0.29, 0.717) is 0 Å². The normalized spacial score (nSPS) is 15.6. The lowest BCUT2D eigenvalue weighted by molar-refractivity contribution is 0.438. The number of allylic oxidation sites excluding steroid dienone is 2. The van der Waals surface area contributed by atoms with E-state index in [-0.39, 0.29) is 5.92 Å². The topological polar surface area (TPSA) is 34.1 Å². The number of hydrogen-bond acceptors (Lipinski definition) is 4. The Morgan fingerprint density at radius 1 is 0.508 bits per heavy atom. The average molecular weight is 787 g/mol. The second kappa shape index (κ2) is 14.7. The molecule has 1 atom stereocenters. The summed E-state index contributed by atoms with van der Waals surface area (Å²) in [6, 6.07) is 64.9. The maximum atomic E-state index is 7.40. The fourth-order valence-corrected chi connectivity index (χ4v) is 9.96. The molecule has 1 aliphatic carbocycles. The van der Waals surface area contributed by atoms with Gasteiger partial charge in [0.1, 0.15) is 5.69 Å². The van der Waals surface area contributed by atoms with Crippen LogP contribution in [0.3, 0.4) is 0 Å². The van der Waals surface area contributed by atoms with Crippen LogP contribution in [0.25, 0.3) is 39.0 Å². The van der Waals surface area contributed by atoms with Crippen molar-refractivity contribution in [2.24, 2.45) is 4.99 Å². The predicted octanol–water partition coefficient (Wildman–Crippen LogP) is 15.8. The molecular weight excluding hydrogens is 745 g/mol. The molecule has 4 heteroatoms. The van der Waals surface area contributed by atoms with Gasteiger partial charge in [0.25, 0.3) is 0 Å². The van der Waals surface area contributed by atoms with Gasteiger partial charge in [0, 0.05) is 16.8 Å². The van der Waals surface area contributed by atoms with Crippen LogP contribution in [0.4, 0.5) is 22.7 Å². The van der Waals surface area contributed by atoms with E-state index in [0.717, 1.165) is 106 Å². The van der Waals surface area contributed by atoms with Crippen LogP contribution in [-0.2, 0) is 6.42 Å². The minimum atomic E-state index is 0.154. The second-order valence-electron chi connectivity index (χ2n) is 16.5. The predicted molar refractivity (Wildman–Crippen MR) is 250 cm³/mol. The Kier molecular flexibility index (Phi) is 8.55. The Hall–Kier alpha value is -7.43. The zero-order valence-electron chi connectivity index (χ0n) is 33.7. The summed E-state index contributed by atoms with van der Waals surface area (Å²) in [5.74, 6) is 3.50. The van der Waals surface area contributed by atoms with E-state index in [1.165, 1.54) is 39.0 Å². The summed E-state index contributed by atoms with van der Waals surface area (Å²) >= 11 is 0. The summed E-state index contributed by atoms with van der Waals surface area (Å²) in [6.07, 6.45) is 7.09. The van der Waals surface area contributed by atoms with Crippen LogP contribution >= 0.6 is 0 Å². The maximum absolute atomic E-state index is 7.40. The van der Waals surface area contributed by atoms with Gasteiger partial charge in [-0.1, -0.05) is 152 Å². The van der Waals surface area contributed by atoms with Crippen LogP contribution in [0.15, 0.2) is 193 Å². The average Bonchev–Trinajstić information content (AvgIpc) is 3.47. The molecular formula is C57H42N2O2. The number of hydrogen-bond donors (Lipinski definition) is 0. The number of anilines is 3. The van der Waals surface area contributed by atoms with Crippen molar-refractivity contribution in [3.63, 3.8) is 0 Å². The van der Waals surface area contributed by atoms with Gasteiger partial charge in [-0.05, 0) is 125 Å². The number of benzene rings is 8. The third-order valence-electron chi connectivity index (χ3n) is 12.9. The molecule has 0 saturated carbocycles. The number of fused-ring (bicyclic) bond motifs is 9. The molecule has 3 heterocycles. The van der Waals surface area contributed by atoms with Gasteiger partial charge < -0.3 is 9.47 Å². The zero-order chi connectivity index (χ0) is 40.3. The van der Waals surface area contributed by atoms with Crippen molar-refractivity contribution in [3.8, 4) is 56.4 Å². The minimum absolute atomic E-state index is 0.154. The van der Waals surface area contributed by atoms with Gasteiger partial charge in [-0.3, -0.25) is 9.89 Å². The van der Waals surface area contributed by atoms with Crippen molar-refractivity contribution in [3.05, 3.63) is 210 Å². The highest BCUT2D eigenvalue weighted by atomic mass is 16.5. The smallest absolute Gasteiger partial charge is 0.159 e. The Morgan fingerprint density at radius 2 is 1.11 bits per heavy atom. The van der Waals surface area contributed by atoms with Crippen molar-refractivity contribution in [2.75, 3.05) is 4.90 Å². The molecule has 0 bridgehead atoms. The van der Waals surface area contributed by atoms with Gasteiger partial charge in [0.05, 0.1) is 17.1 Å². The lowest BCUT2D eigenvalue weighted by Crippen LogP contribution is -2.22. The first kappa shape index (κ1) is 35.5. The van der Waals surface area contributed by atoms with Crippen LogP contribution in [0.5, 0.6) is 23.0 Å². The van der Waals surface area contributed by atoms with Crippen molar-refractivity contribution < 1.29 is 9.47 Å². The molecule has 12 rings (SSSR count). The van der Waals surface area contributed by atoms with E-state index >= 15 is 0 Å². The molecule has 3 aliphatic heterocycles. The van der Waals surface area contributed by atoms with Gasteiger partial charge in [0.15, 0.2) is 23.0 Å². The van der Waals surface area contributed by atoms with Crippen LogP contribution in [0.2, 0.25) is 0 Å². The molecule has 0 radical (unpaired) electrons. The molecule has 4 aliphatic rings. The summed E-state index contributed by atoms with van der Waals surface area (Å²) in [6.45, 7) is 0. The quantitative estimate of drug-likeness (QED) is 0.174. The van der Waals surface area contributed by atoms with Gasteiger partial charge in [-0.15, -0.1) is 0 Å². The molecule has 0 N–H and O–H groups in total. The van der Waals surface area contributed by atoms with Gasteiger partial charge in [-0.2, -0.15) is 0 Å². The first-order valence-corrected chi connectivity index (χ1v) is 21.5. The van der Waals surface area contributed by atoms with Crippen molar-refractivity contribution in [1.29, 1.82) is 0 Å². The summed E-state index contributed by atoms with van der Waals surface area (Å²) in [7, 11) is 0. The SMILES string of the molecule is C1=C(CC2CCc3ccccc3-c3cc4c5c(c32)Oc2cc(-c3ccccc3)ccc2N5c2ccc(-c3ccccc3)cc2O4)c2ccccc2N=C(c2ccccc2)CC1. The number of para-hydroxylation sites is 1. The van der Waals surface area contributed by atoms with Crippen molar-refractivity contribution in [1.82, 2.24) is 0 Å². The maximum Gasteiger partial charge on any atom is 0.159 e. The first-order valence-electron chi connectivity index (χ1n) is 21.5. The third kappa shape index (κ3) is 6.17. The standard InChI is InChI=1S/C57H42N2O2/c1-4-15-37(16-5-1)41-29-31-50-52(34-41)60-54-36-47-45-23-11-10-19-39(45)27-28-44(33-43-22-14-26-48(40-20-8-3-9-21-40)58-49-25-13-12-24-46(43)49)55(47)57-56(54)59(50)51-32-30-42(35-53(51)61-57)38-17-6-2-7-18-38/h1-13,15-25,29-32,34-36,44H,14,26-28,33H2. The molecule has 4 nitrogen and oxygen atoms in total. The molecule has 0 spiro atoms. The van der Waals surface area contributed by atoms with Crippen LogP contribution < -0.4 is 14.4 Å². The number of rotatable bonds is 5. The number of ether oxygens (including phenoxy) is 2. The first-order chi connectivity index (χ1) is 30.2. The van der Waals surface area contributed by atoms with E-state index in [9.17, 15) is 0 Å². The minimum Gasteiger partial charge on any atom is -0.453 e. The Bertz CT molecular complexity index is 3050. The van der Waals surface area contributed by atoms with Crippen LogP contribution in [-0.4, -0.2) is 5.71 Å². The molecule has 8 aromatic rings. The van der Waals surface area contributed by atoms with Crippen LogP contribution in [0.1, 0.15) is 53.9 Å². The molecule has 0 aromatic heterocycles. The van der Waals surface area contributed by atoms with E-state index in [1.54, 1.807) is 0 Å². The van der Waals surface area contributed by atoms with E-state index in [1.807, 2.05) is 0 Å². The number of aryl methyl sites for hydroxylation is 1. The third-order valence-corrected chi connectivity index (χ3v) is 12.9. The zero-order valence-corrected chi connectivity index (χ0v) is 33.7. The largest absolute Gasteiger partial charge is 0.453 e. The Morgan fingerprint density at radius 3 is 1.82 bits per heavy atom. The molecule has 0 amide bonds. The number of nitrogens with zero attached hydrogens (tertiary/aromatic N) is 2. The van der Waals surface area contributed by atoms with E-state index in [4.69, 9.17) is 14.5 Å². The highest BCUT2D eigenvalue weighted by molar-refractivity contribution is 6.03. The summed E-state index contributed by atoms with van der Waals surface area (Å²) in [5, 5.41) is 0. The van der Waals surface area contributed by atoms with E-state index < -0.39 is 0 Å². The molecule has 0 fully saturated rings. The van der Waals surface area contributed by atoms with Crippen molar-refractivity contribution in [2.45, 2.75) is 38.0 Å². The second-order valence-corrected chi connectivity index (χ2v) is 16.5. The highest BCUT2D eigenvalue weighted by Crippen LogP contribution is 2.64. The number of aliphatic imine (C=N–C) groups is 1.